The highest BCUT2D eigenvalue weighted by Gasteiger charge is 2.42. The lowest BCUT2D eigenvalue weighted by molar-refractivity contribution is 0.0372. The quantitative estimate of drug-likeness (QED) is 0.928. The zero-order chi connectivity index (χ0) is 15.9. The average molecular weight is 304 g/mol. The molecule has 1 N–H and O–H groups in total. The molecule has 0 unspecified atom stereocenters. The fourth-order valence-electron chi connectivity index (χ4n) is 2.62. The van der Waals surface area contributed by atoms with E-state index >= 15 is 0 Å². The summed E-state index contributed by atoms with van der Waals surface area (Å²) in [5.74, 6) is 0.783. The number of aromatic nitrogens is 3. The van der Waals surface area contributed by atoms with E-state index in [9.17, 15) is 9.90 Å². The second-order valence-electron chi connectivity index (χ2n) is 6.10. The number of carbonyl (C=O) groups is 1. The van der Waals surface area contributed by atoms with Gasteiger partial charge < -0.3 is 14.4 Å². The van der Waals surface area contributed by atoms with Crippen molar-refractivity contribution in [3.63, 3.8) is 0 Å². The number of rotatable bonds is 3. The van der Waals surface area contributed by atoms with Crippen molar-refractivity contribution in [3.8, 4) is 0 Å². The molecule has 1 fully saturated rings. The molecule has 0 aromatic carbocycles. The van der Waals surface area contributed by atoms with Crippen molar-refractivity contribution in [3.05, 3.63) is 35.5 Å². The van der Waals surface area contributed by atoms with E-state index in [1.807, 2.05) is 13.8 Å². The third-order valence-electron chi connectivity index (χ3n) is 4.00. The van der Waals surface area contributed by atoms with E-state index in [1.54, 1.807) is 34.8 Å². The molecule has 3 rings (SSSR count). The molecule has 118 valence electrons. The van der Waals surface area contributed by atoms with Crippen LogP contribution in [0.5, 0.6) is 0 Å². The first-order valence-electron chi connectivity index (χ1n) is 7.39. The third kappa shape index (κ3) is 2.52. The summed E-state index contributed by atoms with van der Waals surface area (Å²) < 4.78 is 7.06. The Labute approximate surface area is 128 Å². The maximum Gasteiger partial charge on any atom is 0.289 e. The van der Waals surface area contributed by atoms with Crippen molar-refractivity contribution in [1.29, 1.82) is 0 Å². The average Bonchev–Trinajstić information content (AvgIpc) is 3.17. The van der Waals surface area contributed by atoms with E-state index in [4.69, 9.17) is 4.42 Å². The van der Waals surface area contributed by atoms with E-state index in [0.717, 1.165) is 0 Å². The minimum absolute atomic E-state index is 0.176. The van der Waals surface area contributed by atoms with Crippen molar-refractivity contribution in [2.75, 3.05) is 13.1 Å². The van der Waals surface area contributed by atoms with Crippen LogP contribution in [0, 0.1) is 6.92 Å². The minimum atomic E-state index is -1.15. The molecular weight excluding hydrogens is 284 g/mol. The minimum Gasteiger partial charge on any atom is -0.456 e. The smallest absolute Gasteiger partial charge is 0.289 e. The standard InChI is InChI=1S/C15H20N4O3/c1-10(2)19-8-13(16-17-19)15(21)6-7-18(9-15)14(20)12-5-4-11(3)22-12/h4-5,8,10,21H,6-7,9H2,1-3H3/t15-/m0/s1. The molecule has 1 saturated heterocycles. The molecule has 7 heteroatoms. The van der Waals surface area contributed by atoms with Crippen LogP contribution in [0.2, 0.25) is 0 Å². The predicted molar refractivity (Wildman–Crippen MR) is 78.3 cm³/mol. The highest BCUT2D eigenvalue weighted by molar-refractivity contribution is 5.91. The highest BCUT2D eigenvalue weighted by Crippen LogP contribution is 2.31. The maximum atomic E-state index is 12.4. The first kappa shape index (κ1) is 14.8. The zero-order valence-corrected chi connectivity index (χ0v) is 13.0. The second kappa shape index (κ2) is 5.24. The van der Waals surface area contributed by atoms with Crippen molar-refractivity contribution in [2.45, 2.75) is 38.8 Å². The van der Waals surface area contributed by atoms with Gasteiger partial charge in [-0.15, -0.1) is 5.10 Å². The van der Waals surface area contributed by atoms with Crippen LogP contribution in [0.25, 0.3) is 0 Å². The number of nitrogens with zero attached hydrogens (tertiary/aromatic N) is 4. The van der Waals surface area contributed by atoms with E-state index in [-0.39, 0.29) is 18.5 Å². The lowest BCUT2D eigenvalue weighted by atomic mass is 10.00. The van der Waals surface area contributed by atoms with Crippen LogP contribution in [0.15, 0.2) is 22.7 Å². The number of amides is 1. The van der Waals surface area contributed by atoms with Gasteiger partial charge in [0.2, 0.25) is 0 Å². The van der Waals surface area contributed by atoms with Gasteiger partial charge in [0.1, 0.15) is 17.1 Å². The summed E-state index contributed by atoms with van der Waals surface area (Å²) >= 11 is 0. The lowest BCUT2D eigenvalue weighted by Gasteiger charge is -2.20. The number of likely N-dealkylation sites (tertiary alicyclic amines) is 1. The van der Waals surface area contributed by atoms with Crippen LogP contribution < -0.4 is 0 Å². The van der Waals surface area contributed by atoms with Crippen LogP contribution in [0.3, 0.4) is 0 Å². The summed E-state index contributed by atoms with van der Waals surface area (Å²) in [5.41, 5.74) is -0.642. The molecule has 0 bridgehead atoms. The Morgan fingerprint density at radius 2 is 2.23 bits per heavy atom. The van der Waals surface area contributed by atoms with E-state index in [2.05, 4.69) is 10.3 Å². The summed E-state index contributed by atoms with van der Waals surface area (Å²) in [6, 6.07) is 3.59. The Morgan fingerprint density at radius 3 is 2.82 bits per heavy atom. The van der Waals surface area contributed by atoms with Gasteiger partial charge in [-0.25, -0.2) is 4.68 Å². The van der Waals surface area contributed by atoms with E-state index < -0.39 is 5.60 Å². The molecule has 3 heterocycles. The summed E-state index contributed by atoms with van der Waals surface area (Å²) in [4.78, 5) is 14.0. The maximum absolute atomic E-state index is 12.4. The topological polar surface area (TPSA) is 84.4 Å². The van der Waals surface area contributed by atoms with Crippen LogP contribution in [-0.2, 0) is 5.60 Å². The second-order valence-corrected chi connectivity index (χ2v) is 6.10. The SMILES string of the molecule is Cc1ccc(C(=O)N2CC[C@@](O)(c3cn(C(C)C)nn3)C2)o1. The molecule has 1 amide bonds. The van der Waals surface area contributed by atoms with Crippen LogP contribution in [0.1, 0.15) is 48.3 Å². The van der Waals surface area contributed by atoms with E-state index in [0.29, 0.717) is 30.2 Å². The van der Waals surface area contributed by atoms with Gasteiger partial charge in [-0.3, -0.25) is 4.79 Å². The molecule has 7 nitrogen and oxygen atoms in total. The Hall–Kier alpha value is -2.15. The molecule has 0 radical (unpaired) electrons. The molecular formula is C15H20N4O3. The van der Waals surface area contributed by atoms with Crippen LogP contribution >= 0.6 is 0 Å². The van der Waals surface area contributed by atoms with Gasteiger partial charge in [0, 0.05) is 19.0 Å². The van der Waals surface area contributed by atoms with Crippen molar-refractivity contribution in [1.82, 2.24) is 19.9 Å². The number of aliphatic hydroxyl groups is 1. The van der Waals surface area contributed by atoms with Crippen molar-refractivity contribution >= 4 is 5.91 Å². The summed E-state index contributed by atoms with van der Waals surface area (Å²) in [5, 5.41) is 18.9. The Kier molecular flexibility index (Phi) is 3.52. The molecule has 2 aromatic heterocycles. The Balaban J connectivity index is 1.76. The normalized spacial score (nSPS) is 21.8. The van der Waals surface area contributed by atoms with Crippen molar-refractivity contribution < 1.29 is 14.3 Å². The summed E-state index contributed by atoms with van der Waals surface area (Å²) in [6.07, 6.45) is 2.19. The molecule has 1 aliphatic heterocycles. The van der Waals surface area contributed by atoms with Crippen molar-refractivity contribution in [2.24, 2.45) is 0 Å². The van der Waals surface area contributed by atoms with Gasteiger partial charge in [0.15, 0.2) is 5.76 Å². The fraction of sp³-hybridized carbons (Fsp3) is 0.533. The number of furan rings is 1. The third-order valence-corrected chi connectivity index (χ3v) is 4.00. The Bertz CT molecular complexity index is 691. The van der Waals surface area contributed by atoms with E-state index in [1.165, 1.54) is 0 Å². The van der Waals surface area contributed by atoms with Gasteiger partial charge in [-0.05, 0) is 32.9 Å². The molecule has 22 heavy (non-hydrogen) atoms. The molecule has 1 aliphatic rings. The number of hydrogen-bond acceptors (Lipinski definition) is 5. The Morgan fingerprint density at radius 1 is 1.45 bits per heavy atom. The van der Waals surface area contributed by atoms with Gasteiger partial charge in [0.05, 0.1) is 12.7 Å². The zero-order valence-electron chi connectivity index (χ0n) is 13.0. The van der Waals surface area contributed by atoms with Crippen LogP contribution in [-0.4, -0.2) is 44.0 Å². The highest BCUT2D eigenvalue weighted by atomic mass is 16.4. The summed E-state index contributed by atoms with van der Waals surface area (Å²) in [6.45, 7) is 6.44. The fourth-order valence-corrected chi connectivity index (χ4v) is 2.62. The molecule has 0 saturated carbocycles. The van der Waals surface area contributed by atoms with Crippen LogP contribution in [0.4, 0.5) is 0 Å². The number of carbonyl (C=O) groups excluding carboxylic acids is 1. The van der Waals surface area contributed by atoms with Gasteiger partial charge in [-0.2, -0.15) is 0 Å². The predicted octanol–water partition coefficient (Wildman–Crippen LogP) is 1.49. The van der Waals surface area contributed by atoms with Gasteiger partial charge >= 0.3 is 0 Å². The molecule has 0 aliphatic carbocycles. The number of aryl methyl sites for hydroxylation is 1. The first-order valence-corrected chi connectivity index (χ1v) is 7.39. The molecule has 2 aromatic rings. The molecule has 0 spiro atoms. The number of β-amino-alcohol motifs (C(OH)–C–C–N with tert-alkyl or cyclic N) is 1. The monoisotopic (exact) mass is 304 g/mol. The first-order chi connectivity index (χ1) is 10.4. The van der Waals surface area contributed by atoms with Gasteiger partial charge in [0.25, 0.3) is 5.91 Å². The summed E-state index contributed by atoms with van der Waals surface area (Å²) in [7, 11) is 0. The number of hydrogen-bond donors (Lipinski definition) is 1. The largest absolute Gasteiger partial charge is 0.456 e. The molecule has 1 atom stereocenters. The lowest BCUT2D eigenvalue weighted by Crippen LogP contribution is -2.34. The van der Waals surface area contributed by atoms with Gasteiger partial charge in [-0.1, -0.05) is 5.21 Å².